The number of rotatable bonds is 11. The predicted molar refractivity (Wildman–Crippen MR) is 589 cm³/mol. The van der Waals surface area contributed by atoms with Crippen LogP contribution >= 0.6 is 0 Å². The Labute approximate surface area is 820 Å². The van der Waals surface area contributed by atoms with Crippen molar-refractivity contribution in [2.24, 2.45) is 0 Å². The third kappa shape index (κ3) is 14.1. The number of hydrogen-bond donors (Lipinski definition) is 0. The zero-order valence-corrected chi connectivity index (χ0v) is 77.0. The molecule has 0 bridgehead atoms. The van der Waals surface area contributed by atoms with Crippen molar-refractivity contribution in [3.8, 4) is 141 Å². The van der Waals surface area contributed by atoms with E-state index in [0.29, 0.717) is 34.9 Å². The number of aromatic nitrogens is 9. The van der Waals surface area contributed by atoms with Crippen LogP contribution in [-0.4, -0.2) is 44.4 Å². The van der Waals surface area contributed by atoms with Crippen molar-refractivity contribution in [3.05, 3.63) is 479 Å². The molecule has 0 fully saturated rings. The van der Waals surface area contributed by atoms with E-state index >= 15 is 0 Å². The number of fused-ring (bicyclic) bond motifs is 18. The number of nitrogens with zero attached hydrogens (tertiary/aromatic N) is 9. The lowest BCUT2D eigenvalue weighted by molar-refractivity contribution is 0.668. The highest BCUT2D eigenvalue weighted by atomic mass is 16.3. The summed E-state index contributed by atoms with van der Waals surface area (Å²) in [6, 6.07) is 168. The maximum Gasteiger partial charge on any atom is 0.164 e. The second kappa shape index (κ2) is 33.8. The fourth-order valence-corrected chi connectivity index (χ4v) is 21.6. The Kier molecular flexibility index (Phi) is 19.4. The first kappa shape index (κ1) is 81.9. The molecule has 1 aliphatic carbocycles. The molecule has 1 aliphatic rings. The van der Waals surface area contributed by atoms with Crippen LogP contribution in [0.4, 0.5) is 0 Å². The first-order chi connectivity index (χ1) is 70.9. The minimum Gasteiger partial charge on any atom is -0.456 e. The van der Waals surface area contributed by atoms with Crippen LogP contribution in [0.2, 0.25) is 0 Å². The van der Waals surface area contributed by atoms with Crippen LogP contribution in [-0.2, 0) is 0 Å². The standard InChI is InChI=1S/C46H27N3.C45H27N3O.C41H25N3O/c1-3-13-28(14-4-1)44-38-27-30(25-26-39(38)47-46(48-44)29-15-5-2-6-16-29)49-40-24-12-23-36-32-18-8-7-17-31(32)34-21-11-22-35-33-19-9-10-20-37(33)45(49)43(41(34)35)42(36)40;1-3-11-30-25-33(19-17-28(30)9-1)43-46-44(34-20-18-29-10-2-4-12-31(29)26-34)48-45(47-43)40-24-23-35(36-13-5-6-14-37(36)40)32-21-22-39-38-15-7-8-16-41(38)49-42(39)27-32;1-2-11-27(12-3-1)39-42-40(30-19-18-26-10-4-5-13-28(26)24-30)44-41(43-39)36-23-22-31(32-14-6-7-15-33(32)36)29-20-21-35-34-16-8-9-17-37(34)45-38(35)25-29/h2*1-27H;1-25H. The average Bonchev–Trinajstić information content (AvgIpc) is 1.52. The summed E-state index contributed by atoms with van der Waals surface area (Å²) in [5.74, 6) is 4.58. The molecular weight excluding hydrogens is 1740 g/mol. The van der Waals surface area contributed by atoms with Gasteiger partial charge in [0.1, 0.15) is 22.3 Å². The van der Waals surface area contributed by atoms with E-state index in [9.17, 15) is 0 Å². The Hall–Kier alpha value is -19.4. The minimum absolute atomic E-state index is 0.636. The lowest BCUT2D eigenvalue weighted by Gasteiger charge is -2.16. The molecule has 0 unspecified atom stereocenters. The molecule has 29 aromatic rings. The second-order valence-electron chi connectivity index (χ2n) is 36.6. The van der Waals surface area contributed by atoms with Crippen LogP contribution in [0.25, 0.3) is 293 Å². The van der Waals surface area contributed by atoms with Crippen LogP contribution < -0.4 is 0 Å². The zero-order valence-electron chi connectivity index (χ0n) is 77.0. The molecule has 0 amide bonds. The monoisotopic (exact) mass is 1820 g/mol. The largest absolute Gasteiger partial charge is 0.456 e. The first-order valence-electron chi connectivity index (χ1n) is 48.2. The van der Waals surface area contributed by atoms with Gasteiger partial charge in [0.25, 0.3) is 0 Å². The molecule has 0 atom stereocenters. The molecule has 0 saturated heterocycles. The number of benzene rings is 23. The molecule has 11 heteroatoms. The van der Waals surface area contributed by atoms with E-state index in [1.807, 2.05) is 78.9 Å². The maximum atomic E-state index is 6.26. The summed E-state index contributed by atoms with van der Waals surface area (Å²) in [6.07, 6.45) is 0. The average molecular weight is 1820 g/mol. The van der Waals surface area contributed by atoms with E-state index in [-0.39, 0.29) is 0 Å². The fourth-order valence-electron chi connectivity index (χ4n) is 21.6. The molecule has 0 N–H and O–H groups in total. The Morgan fingerprint density at radius 3 is 1.01 bits per heavy atom. The first-order valence-corrected chi connectivity index (χ1v) is 48.2. The lowest BCUT2D eigenvalue weighted by atomic mass is 9.91. The van der Waals surface area contributed by atoms with E-state index in [1.165, 1.54) is 81.8 Å². The lowest BCUT2D eigenvalue weighted by Crippen LogP contribution is -2.01. The van der Waals surface area contributed by atoms with E-state index in [1.54, 1.807) is 0 Å². The molecule has 30 rings (SSSR count). The molecule has 0 radical (unpaired) electrons. The van der Waals surface area contributed by atoms with Gasteiger partial charge in [0, 0.05) is 98.7 Å². The molecule has 0 spiro atoms. The third-order valence-electron chi connectivity index (χ3n) is 28.3. The van der Waals surface area contributed by atoms with Gasteiger partial charge in [0.15, 0.2) is 40.8 Å². The van der Waals surface area contributed by atoms with Gasteiger partial charge >= 0.3 is 0 Å². The summed E-state index contributed by atoms with van der Waals surface area (Å²) in [4.78, 5) is 40.8. The zero-order chi connectivity index (χ0) is 94.1. The summed E-state index contributed by atoms with van der Waals surface area (Å²) in [6.45, 7) is 0. The molecule has 23 aromatic carbocycles. The van der Waals surface area contributed by atoms with E-state index in [4.69, 9.17) is 48.7 Å². The van der Waals surface area contributed by atoms with Gasteiger partial charge in [-0.1, -0.05) is 388 Å². The van der Waals surface area contributed by atoms with Gasteiger partial charge in [-0.15, -0.1) is 0 Å². The van der Waals surface area contributed by atoms with Gasteiger partial charge in [0.2, 0.25) is 0 Å². The summed E-state index contributed by atoms with van der Waals surface area (Å²) >= 11 is 0. The summed E-state index contributed by atoms with van der Waals surface area (Å²) in [5, 5.41) is 24.6. The van der Waals surface area contributed by atoms with Gasteiger partial charge in [-0.05, 0) is 200 Å². The molecular formula is C132H79N9O2. The highest BCUT2D eigenvalue weighted by molar-refractivity contribution is 6.38. The maximum absolute atomic E-state index is 6.26. The van der Waals surface area contributed by atoms with Crippen LogP contribution in [0.3, 0.4) is 0 Å². The van der Waals surface area contributed by atoms with Gasteiger partial charge < -0.3 is 13.4 Å². The van der Waals surface area contributed by atoms with E-state index in [0.717, 1.165) is 176 Å². The molecule has 664 valence electrons. The Bertz CT molecular complexity index is 10200. The van der Waals surface area contributed by atoms with Crippen molar-refractivity contribution in [3.63, 3.8) is 0 Å². The molecule has 0 saturated carbocycles. The van der Waals surface area contributed by atoms with E-state index < -0.39 is 0 Å². The second-order valence-corrected chi connectivity index (χ2v) is 36.6. The highest BCUT2D eigenvalue weighted by Crippen LogP contribution is 2.53. The number of furan rings is 2. The van der Waals surface area contributed by atoms with Gasteiger partial charge in [-0.3, -0.25) is 0 Å². The molecule has 6 aromatic heterocycles. The van der Waals surface area contributed by atoms with Crippen LogP contribution in [0, 0.1) is 0 Å². The Morgan fingerprint density at radius 1 is 0.161 bits per heavy atom. The van der Waals surface area contributed by atoms with Crippen LogP contribution in [0.5, 0.6) is 0 Å². The van der Waals surface area contributed by atoms with Crippen molar-refractivity contribution in [2.45, 2.75) is 0 Å². The molecule has 143 heavy (non-hydrogen) atoms. The SMILES string of the molecule is c1ccc(-c2nc(-c3ccc4ccccc4c3)nc(-c3ccc(-c4ccc5c(c4)oc4ccccc45)c4ccccc34)n2)cc1.c1ccc(-c2nc(-c3ccccc3)c3cc(-n4c5cccc6c5c5c7c(cccc7c7ccccc7c54)-c4ccccc4-6)ccc3n2)cc1.c1ccc2cc(-c3nc(-c4ccc5ccccc5c4)nc(-c4ccc(-c5ccc6c(c5)oc5ccccc56)c5ccccc45)n3)ccc2c1. The Morgan fingerprint density at radius 2 is 0.517 bits per heavy atom. The van der Waals surface area contributed by atoms with Crippen molar-refractivity contribution in [2.75, 3.05) is 0 Å². The quantitative estimate of drug-likeness (QED) is 0.115. The molecule has 6 heterocycles. The van der Waals surface area contributed by atoms with Crippen molar-refractivity contribution >= 4 is 152 Å². The van der Waals surface area contributed by atoms with Crippen molar-refractivity contribution in [1.82, 2.24) is 44.4 Å². The Balaban J connectivity index is 0.000000105. The fraction of sp³-hybridized carbons (Fsp3) is 0. The summed E-state index contributed by atoms with van der Waals surface area (Å²) < 4.78 is 15.0. The molecule has 11 nitrogen and oxygen atoms in total. The van der Waals surface area contributed by atoms with Crippen molar-refractivity contribution < 1.29 is 8.83 Å². The third-order valence-corrected chi connectivity index (χ3v) is 28.3. The van der Waals surface area contributed by atoms with Crippen LogP contribution in [0.15, 0.2) is 488 Å². The van der Waals surface area contributed by atoms with Crippen LogP contribution in [0.1, 0.15) is 0 Å². The van der Waals surface area contributed by atoms with Gasteiger partial charge in [0.05, 0.1) is 22.2 Å². The molecule has 0 aliphatic heterocycles. The minimum atomic E-state index is 0.636. The summed E-state index contributed by atoms with van der Waals surface area (Å²) in [5.41, 5.74) is 26.3. The normalized spacial score (nSPS) is 11.8. The van der Waals surface area contributed by atoms with Crippen molar-refractivity contribution in [1.29, 1.82) is 0 Å². The number of para-hydroxylation sites is 2. The van der Waals surface area contributed by atoms with Gasteiger partial charge in [-0.2, -0.15) is 0 Å². The summed E-state index contributed by atoms with van der Waals surface area (Å²) in [7, 11) is 0. The van der Waals surface area contributed by atoms with Gasteiger partial charge in [-0.25, -0.2) is 39.9 Å². The topological polar surface area (TPSA) is 134 Å². The predicted octanol–water partition coefficient (Wildman–Crippen LogP) is 34.7. The smallest absolute Gasteiger partial charge is 0.164 e. The number of hydrogen-bond acceptors (Lipinski definition) is 10. The van der Waals surface area contributed by atoms with E-state index in [2.05, 4.69) is 405 Å². The highest BCUT2D eigenvalue weighted by Gasteiger charge is 2.29.